The number of nitrogens with zero attached hydrogens (tertiary/aromatic N) is 1. The molecular weight excluding hydrogens is 310 g/mol. The van der Waals surface area contributed by atoms with Crippen molar-refractivity contribution in [3.8, 4) is 0 Å². The van der Waals surface area contributed by atoms with Gasteiger partial charge in [0.25, 0.3) is 0 Å². The topological polar surface area (TPSA) is 20.3 Å². The second kappa shape index (κ2) is 7.60. The summed E-state index contributed by atoms with van der Waals surface area (Å²) in [6.45, 7) is 0. The first-order valence-corrected chi connectivity index (χ1v) is 9.66. The zero-order valence-corrected chi connectivity index (χ0v) is 14.5. The van der Waals surface area contributed by atoms with Crippen LogP contribution >= 0.6 is 24.0 Å². The van der Waals surface area contributed by atoms with Crippen molar-refractivity contribution in [2.24, 2.45) is 5.92 Å². The number of amides is 1. The summed E-state index contributed by atoms with van der Waals surface area (Å²) in [5.74, 6) is 1.76. The molecule has 1 atom stereocenters. The molecule has 0 aromatic heterocycles. The van der Waals surface area contributed by atoms with Gasteiger partial charge < -0.3 is 0 Å². The van der Waals surface area contributed by atoms with Gasteiger partial charge in [0.2, 0.25) is 5.91 Å². The van der Waals surface area contributed by atoms with E-state index in [9.17, 15) is 4.79 Å². The standard InChI is InChI=1S/C18H23NOS2/c20-17(12-15-9-5-2-6-10-15)19-16(13-22-18(19)21)11-14-7-3-1-4-8-14/h1,3-4,7-8,15-16H,2,5-6,9-13H2. The van der Waals surface area contributed by atoms with E-state index in [4.69, 9.17) is 12.2 Å². The van der Waals surface area contributed by atoms with E-state index in [0.717, 1.165) is 16.5 Å². The highest BCUT2D eigenvalue weighted by molar-refractivity contribution is 8.23. The van der Waals surface area contributed by atoms with Crippen LogP contribution in [-0.2, 0) is 11.2 Å². The first-order chi connectivity index (χ1) is 10.7. The molecule has 2 aliphatic rings. The number of thioether (sulfide) groups is 1. The number of thiocarbonyl (C=S) groups is 1. The van der Waals surface area contributed by atoms with E-state index in [0.29, 0.717) is 12.3 Å². The van der Waals surface area contributed by atoms with Crippen LogP contribution in [-0.4, -0.2) is 26.9 Å². The second-order valence-corrected chi connectivity index (χ2v) is 8.05. The summed E-state index contributed by atoms with van der Waals surface area (Å²) in [6.07, 6.45) is 7.91. The Bertz CT molecular complexity index is 525. The van der Waals surface area contributed by atoms with Gasteiger partial charge in [0, 0.05) is 12.2 Å². The number of rotatable bonds is 4. The molecule has 4 heteroatoms. The largest absolute Gasteiger partial charge is 0.293 e. The minimum absolute atomic E-state index is 0.232. The number of hydrogen-bond acceptors (Lipinski definition) is 3. The predicted molar refractivity (Wildman–Crippen MR) is 97.0 cm³/mol. The first-order valence-electron chi connectivity index (χ1n) is 8.27. The van der Waals surface area contributed by atoms with E-state index < -0.39 is 0 Å². The Morgan fingerprint density at radius 3 is 2.64 bits per heavy atom. The molecule has 0 radical (unpaired) electrons. The molecular formula is C18H23NOS2. The fourth-order valence-electron chi connectivity index (χ4n) is 3.54. The van der Waals surface area contributed by atoms with Crippen molar-refractivity contribution >= 4 is 34.2 Å². The van der Waals surface area contributed by atoms with Crippen LogP contribution in [0.4, 0.5) is 0 Å². The molecule has 1 amide bonds. The molecule has 3 rings (SSSR count). The normalized spacial score (nSPS) is 23.0. The van der Waals surface area contributed by atoms with Crippen molar-refractivity contribution in [2.45, 2.75) is 51.0 Å². The molecule has 1 unspecified atom stereocenters. The zero-order chi connectivity index (χ0) is 15.4. The molecule has 1 aromatic rings. The summed E-state index contributed by atoms with van der Waals surface area (Å²) in [5, 5.41) is 0. The Kier molecular flexibility index (Phi) is 5.53. The van der Waals surface area contributed by atoms with Gasteiger partial charge in [0.05, 0.1) is 6.04 Å². The maximum atomic E-state index is 12.7. The van der Waals surface area contributed by atoms with Gasteiger partial charge in [0.1, 0.15) is 4.32 Å². The van der Waals surface area contributed by atoms with E-state index in [-0.39, 0.29) is 11.9 Å². The summed E-state index contributed by atoms with van der Waals surface area (Å²) in [7, 11) is 0. The van der Waals surface area contributed by atoms with Crippen LogP contribution < -0.4 is 0 Å². The molecule has 0 spiro atoms. The lowest BCUT2D eigenvalue weighted by atomic mass is 9.86. The third kappa shape index (κ3) is 3.90. The number of hydrogen-bond donors (Lipinski definition) is 0. The first kappa shape index (κ1) is 16.0. The van der Waals surface area contributed by atoms with Crippen LogP contribution in [0.15, 0.2) is 30.3 Å². The van der Waals surface area contributed by atoms with Gasteiger partial charge >= 0.3 is 0 Å². The highest BCUT2D eigenvalue weighted by atomic mass is 32.2. The van der Waals surface area contributed by atoms with Crippen LogP contribution in [0.5, 0.6) is 0 Å². The van der Waals surface area contributed by atoms with E-state index in [1.165, 1.54) is 37.7 Å². The summed E-state index contributed by atoms with van der Waals surface area (Å²) in [6, 6.07) is 10.7. The fourth-order valence-corrected chi connectivity index (χ4v) is 4.99. The molecule has 1 heterocycles. The third-order valence-corrected chi connectivity index (χ3v) is 6.28. The molecule has 22 heavy (non-hydrogen) atoms. The Morgan fingerprint density at radius 2 is 1.91 bits per heavy atom. The molecule has 2 fully saturated rings. The van der Waals surface area contributed by atoms with Crippen LogP contribution in [0, 0.1) is 5.92 Å². The van der Waals surface area contributed by atoms with E-state index in [1.54, 1.807) is 11.8 Å². The molecule has 1 aromatic carbocycles. The number of carbonyl (C=O) groups is 1. The van der Waals surface area contributed by atoms with Gasteiger partial charge in [0.15, 0.2) is 0 Å². The lowest BCUT2D eigenvalue weighted by Gasteiger charge is -2.27. The third-order valence-electron chi connectivity index (χ3n) is 4.73. The maximum absolute atomic E-state index is 12.7. The van der Waals surface area contributed by atoms with Crippen LogP contribution in [0.25, 0.3) is 0 Å². The smallest absolute Gasteiger partial charge is 0.228 e. The zero-order valence-electron chi connectivity index (χ0n) is 12.9. The summed E-state index contributed by atoms with van der Waals surface area (Å²) in [5.41, 5.74) is 1.29. The molecule has 2 nitrogen and oxygen atoms in total. The molecule has 0 N–H and O–H groups in total. The lowest BCUT2D eigenvalue weighted by molar-refractivity contribution is -0.129. The summed E-state index contributed by atoms with van der Waals surface area (Å²) >= 11 is 7.11. The molecule has 1 saturated carbocycles. The van der Waals surface area contributed by atoms with E-state index in [1.807, 2.05) is 11.0 Å². The SMILES string of the molecule is O=C(CC1CCCCC1)N1C(=S)SCC1Cc1ccccc1. The Balaban J connectivity index is 1.63. The Morgan fingerprint density at radius 1 is 1.18 bits per heavy atom. The quantitative estimate of drug-likeness (QED) is 0.760. The van der Waals surface area contributed by atoms with Gasteiger partial charge in [-0.3, -0.25) is 9.69 Å². The molecule has 0 bridgehead atoms. The average Bonchev–Trinajstić information content (AvgIpc) is 2.90. The van der Waals surface area contributed by atoms with Crippen molar-refractivity contribution in [2.75, 3.05) is 5.75 Å². The van der Waals surface area contributed by atoms with Gasteiger partial charge in [-0.05, 0) is 30.7 Å². The molecule has 118 valence electrons. The van der Waals surface area contributed by atoms with Crippen molar-refractivity contribution in [3.63, 3.8) is 0 Å². The molecule has 1 aliphatic carbocycles. The Labute approximate surface area is 142 Å². The highest BCUT2D eigenvalue weighted by Gasteiger charge is 2.34. The predicted octanol–water partition coefficient (Wildman–Crippen LogP) is 4.43. The molecule has 1 aliphatic heterocycles. The number of carbonyl (C=O) groups excluding carboxylic acids is 1. The average molecular weight is 334 g/mol. The highest BCUT2D eigenvalue weighted by Crippen LogP contribution is 2.31. The Hall–Kier alpha value is -0.870. The maximum Gasteiger partial charge on any atom is 0.228 e. The van der Waals surface area contributed by atoms with Crippen molar-refractivity contribution in [1.29, 1.82) is 0 Å². The van der Waals surface area contributed by atoms with Crippen LogP contribution in [0.2, 0.25) is 0 Å². The monoisotopic (exact) mass is 333 g/mol. The minimum Gasteiger partial charge on any atom is -0.293 e. The minimum atomic E-state index is 0.232. The summed E-state index contributed by atoms with van der Waals surface area (Å²) in [4.78, 5) is 14.7. The van der Waals surface area contributed by atoms with Crippen molar-refractivity contribution in [3.05, 3.63) is 35.9 Å². The fraction of sp³-hybridized carbons (Fsp3) is 0.556. The van der Waals surface area contributed by atoms with Gasteiger partial charge in [-0.15, -0.1) is 0 Å². The van der Waals surface area contributed by atoms with Crippen LogP contribution in [0.1, 0.15) is 44.1 Å². The van der Waals surface area contributed by atoms with Crippen LogP contribution in [0.3, 0.4) is 0 Å². The summed E-state index contributed by atoms with van der Waals surface area (Å²) < 4.78 is 0.779. The molecule has 1 saturated heterocycles. The van der Waals surface area contributed by atoms with E-state index in [2.05, 4.69) is 24.3 Å². The van der Waals surface area contributed by atoms with Crippen molar-refractivity contribution in [1.82, 2.24) is 4.90 Å². The second-order valence-electron chi connectivity index (χ2n) is 6.39. The van der Waals surface area contributed by atoms with Gasteiger partial charge in [-0.25, -0.2) is 0 Å². The van der Waals surface area contributed by atoms with E-state index >= 15 is 0 Å². The lowest BCUT2D eigenvalue weighted by Crippen LogP contribution is -2.40. The van der Waals surface area contributed by atoms with Gasteiger partial charge in [-0.1, -0.05) is 73.6 Å². The van der Waals surface area contributed by atoms with Crippen molar-refractivity contribution < 1.29 is 4.79 Å². The van der Waals surface area contributed by atoms with Gasteiger partial charge in [-0.2, -0.15) is 0 Å². The number of benzene rings is 1.